The second-order valence-corrected chi connectivity index (χ2v) is 10.5. The van der Waals surface area contributed by atoms with E-state index in [2.05, 4.69) is 113 Å². The van der Waals surface area contributed by atoms with Gasteiger partial charge in [0.1, 0.15) is 17.2 Å². The van der Waals surface area contributed by atoms with Gasteiger partial charge in [0.15, 0.2) is 0 Å². The SMILES string of the molecule is N#CC1=C(n2c3ccccc3c3ccccc32)C(c2ccc3oc4ccccc4c3c2)CC([C@H]2C=CC=CN2)=C1. The van der Waals surface area contributed by atoms with Crippen molar-refractivity contribution in [2.24, 2.45) is 0 Å². The molecule has 2 aliphatic rings. The van der Waals surface area contributed by atoms with Gasteiger partial charge in [-0.05, 0) is 66.2 Å². The van der Waals surface area contributed by atoms with Crippen molar-refractivity contribution in [2.45, 2.75) is 18.4 Å². The molecule has 2 aromatic heterocycles. The van der Waals surface area contributed by atoms with Crippen molar-refractivity contribution >= 4 is 49.4 Å². The molecule has 1 unspecified atom stereocenters. The average Bonchev–Trinajstić information content (AvgIpc) is 3.56. The summed E-state index contributed by atoms with van der Waals surface area (Å²) in [5.74, 6) is -0.0342. The lowest BCUT2D eigenvalue weighted by Gasteiger charge is -2.32. The molecular weight excluding hydrogens is 490 g/mol. The molecule has 40 heavy (non-hydrogen) atoms. The Hall–Kier alpha value is -5.27. The van der Waals surface area contributed by atoms with Gasteiger partial charge in [-0.25, -0.2) is 0 Å². The van der Waals surface area contributed by atoms with Crippen LogP contribution in [0.4, 0.5) is 0 Å². The molecule has 6 aromatic rings. The highest BCUT2D eigenvalue weighted by atomic mass is 16.3. The molecule has 0 fully saturated rings. The smallest absolute Gasteiger partial charge is 0.135 e. The first-order valence-corrected chi connectivity index (χ1v) is 13.6. The van der Waals surface area contributed by atoms with Gasteiger partial charge in [-0.1, -0.05) is 72.8 Å². The van der Waals surface area contributed by atoms with Crippen LogP contribution >= 0.6 is 0 Å². The van der Waals surface area contributed by atoms with E-state index in [1.807, 2.05) is 24.4 Å². The zero-order chi connectivity index (χ0) is 26.6. The molecule has 4 nitrogen and oxygen atoms in total. The molecule has 2 atom stereocenters. The maximum absolute atomic E-state index is 10.6. The number of furan rings is 1. The third kappa shape index (κ3) is 3.38. The van der Waals surface area contributed by atoms with Crippen molar-refractivity contribution in [3.05, 3.63) is 138 Å². The van der Waals surface area contributed by atoms with Crippen molar-refractivity contribution in [1.82, 2.24) is 9.88 Å². The monoisotopic (exact) mass is 515 g/mol. The molecule has 1 aliphatic heterocycles. The molecule has 8 rings (SSSR count). The van der Waals surface area contributed by atoms with Crippen LogP contribution in [0.2, 0.25) is 0 Å². The maximum Gasteiger partial charge on any atom is 0.135 e. The lowest BCUT2D eigenvalue weighted by Crippen LogP contribution is -2.29. The zero-order valence-corrected chi connectivity index (χ0v) is 21.7. The van der Waals surface area contributed by atoms with Crippen LogP contribution < -0.4 is 5.32 Å². The predicted molar refractivity (Wildman–Crippen MR) is 163 cm³/mol. The Morgan fingerprint density at radius 1 is 0.775 bits per heavy atom. The molecular formula is C36H25N3O. The summed E-state index contributed by atoms with van der Waals surface area (Å²) < 4.78 is 8.48. The van der Waals surface area contributed by atoms with Gasteiger partial charge >= 0.3 is 0 Å². The first-order valence-electron chi connectivity index (χ1n) is 13.6. The van der Waals surface area contributed by atoms with Gasteiger partial charge < -0.3 is 14.3 Å². The molecule has 1 aliphatic carbocycles. The number of hydrogen-bond acceptors (Lipinski definition) is 3. The van der Waals surface area contributed by atoms with Gasteiger partial charge in [-0.3, -0.25) is 0 Å². The Labute approximate surface area is 231 Å². The summed E-state index contributed by atoms with van der Waals surface area (Å²) in [4.78, 5) is 0. The number of para-hydroxylation sites is 3. The molecule has 0 spiro atoms. The Morgan fingerprint density at radius 2 is 1.48 bits per heavy atom. The minimum absolute atomic E-state index is 0.0342. The fraction of sp³-hybridized carbons (Fsp3) is 0.0833. The number of nitrogens with one attached hydrogen (secondary N) is 1. The number of rotatable bonds is 3. The van der Waals surface area contributed by atoms with E-state index in [0.29, 0.717) is 5.57 Å². The van der Waals surface area contributed by atoms with E-state index in [0.717, 1.165) is 45.1 Å². The summed E-state index contributed by atoms with van der Waals surface area (Å²) in [6.07, 6.45) is 11.1. The first kappa shape index (κ1) is 22.7. The van der Waals surface area contributed by atoms with Crippen LogP contribution in [0.15, 0.2) is 137 Å². The number of nitrogens with zero attached hydrogens (tertiary/aromatic N) is 2. The van der Waals surface area contributed by atoms with Crippen LogP contribution in [0.25, 0.3) is 49.4 Å². The molecule has 4 aromatic carbocycles. The third-order valence-corrected chi connectivity index (χ3v) is 8.31. The molecule has 3 heterocycles. The number of aromatic nitrogens is 1. The molecule has 1 N–H and O–H groups in total. The van der Waals surface area contributed by atoms with Gasteiger partial charge in [0.05, 0.1) is 22.6 Å². The van der Waals surface area contributed by atoms with Crippen LogP contribution in [0.1, 0.15) is 17.9 Å². The third-order valence-electron chi connectivity index (χ3n) is 8.31. The number of dihydropyridines is 1. The number of allylic oxidation sites excluding steroid dienone is 5. The summed E-state index contributed by atoms with van der Waals surface area (Å²) in [5.41, 5.74) is 8.07. The highest BCUT2D eigenvalue weighted by Crippen LogP contribution is 2.46. The summed E-state index contributed by atoms with van der Waals surface area (Å²) in [6.45, 7) is 0. The van der Waals surface area contributed by atoms with Crippen molar-refractivity contribution in [2.75, 3.05) is 0 Å². The second-order valence-electron chi connectivity index (χ2n) is 10.5. The zero-order valence-electron chi connectivity index (χ0n) is 21.7. The summed E-state index contributed by atoms with van der Waals surface area (Å²) in [6, 6.07) is 34.4. The van der Waals surface area contributed by atoms with Crippen LogP contribution in [0.3, 0.4) is 0 Å². The van der Waals surface area contributed by atoms with Gasteiger partial charge in [0.25, 0.3) is 0 Å². The maximum atomic E-state index is 10.6. The quantitative estimate of drug-likeness (QED) is 0.257. The van der Waals surface area contributed by atoms with E-state index in [1.54, 1.807) is 0 Å². The fourth-order valence-electron chi connectivity index (χ4n) is 6.52. The number of fused-ring (bicyclic) bond motifs is 6. The van der Waals surface area contributed by atoms with Crippen LogP contribution in [-0.4, -0.2) is 10.6 Å². The molecule has 0 saturated heterocycles. The summed E-state index contributed by atoms with van der Waals surface area (Å²) >= 11 is 0. The normalized spacial score (nSPS) is 18.9. The number of nitriles is 1. The van der Waals surface area contributed by atoms with E-state index in [9.17, 15) is 5.26 Å². The fourth-order valence-corrected chi connectivity index (χ4v) is 6.52. The topological polar surface area (TPSA) is 53.9 Å². The van der Waals surface area contributed by atoms with E-state index >= 15 is 0 Å². The molecule has 0 bridgehead atoms. The molecule has 0 amide bonds. The van der Waals surface area contributed by atoms with E-state index in [1.165, 1.54) is 21.9 Å². The lowest BCUT2D eigenvalue weighted by molar-refractivity contribution is 0.667. The van der Waals surface area contributed by atoms with Crippen LogP contribution in [0, 0.1) is 11.3 Å². The van der Waals surface area contributed by atoms with Gasteiger partial charge in [-0.2, -0.15) is 5.26 Å². The number of benzene rings is 4. The van der Waals surface area contributed by atoms with Crippen molar-refractivity contribution in [3.63, 3.8) is 0 Å². The standard InChI is InChI=1S/C36H25N3O/c37-22-25-19-24(31-12-7-8-18-38-31)21-29(23-16-17-35-30(20-23)28-11-3-6-15-34(28)40-35)36(25)39-32-13-4-1-9-26(32)27-10-2-5-14-33(27)39/h1-20,29,31,38H,21H2/t29?,31-/m1/s1. The lowest BCUT2D eigenvalue weighted by atomic mass is 9.79. The van der Waals surface area contributed by atoms with Crippen LogP contribution in [-0.2, 0) is 0 Å². The highest BCUT2D eigenvalue weighted by Gasteiger charge is 2.31. The van der Waals surface area contributed by atoms with Gasteiger partial charge in [-0.15, -0.1) is 0 Å². The molecule has 4 heteroatoms. The number of hydrogen-bond donors (Lipinski definition) is 1. The van der Waals surface area contributed by atoms with Crippen LogP contribution in [0.5, 0.6) is 0 Å². The summed E-state index contributed by atoms with van der Waals surface area (Å²) in [5, 5.41) is 18.7. The highest BCUT2D eigenvalue weighted by molar-refractivity contribution is 6.11. The minimum atomic E-state index is -0.0342. The predicted octanol–water partition coefficient (Wildman–Crippen LogP) is 8.58. The minimum Gasteiger partial charge on any atom is -0.456 e. The van der Waals surface area contributed by atoms with Crippen molar-refractivity contribution in [3.8, 4) is 6.07 Å². The Kier molecular flexibility index (Phi) is 5.05. The Morgan fingerprint density at radius 3 is 2.20 bits per heavy atom. The largest absolute Gasteiger partial charge is 0.456 e. The summed E-state index contributed by atoms with van der Waals surface area (Å²) in [7, 11) is 0. The van der Waals surface area contributed by atoms with Crippen molar-refractivity contribution < 1.29 is 4.42 Å². The van der Waals surface area contributed by atoms with E-state index in [-0.39, 0.29) is 12.0 Å². The first-order chi connectivity index (χ1) is 19.8. The van der Waals surface area contributed by atoms with Gasteiger partial charge in [0, 0.05) is 33.2 Å². The molecule has 0 radical (unpaired) electrons. The average molecular weight is 516 g/mol. The van der Waals surface area contributed by atoms with Gasteiger partial charge in [0.2, 0.25) is 0 Å². The second kappa shape index (κ2) is 8.90. The van der Waals surface area contributed by atoms with Crippen molar-refractivity contribution in [1.29, 1.82) is 5.26 Å². The van der Waals surface area contributed by atoms with E-state index in [4.69, 9.17) is 4.42 Å². The van der Waals surface area contributed by atoms with E-state index < -0.39 is 0 Å². The Bertz CT molecular complexity index is 2090. The molecule has 0 saturated carbocycles. The Balaban J connectivity index is 1.42. The molecule has 190 valence electrons.